The van der Waals surface area contributed by atoms with Gasteiger partial charge in [0, 0.05) is 12.6 Å². The summed E-state index contributed by atoms with van der Waals surface area (Å²) in [5.41, 5.74) is 2.46. The Balaban J connectivity index is 1.84. The van der Waals surface area contributed by atoms with Crippen LogP contribution in [-0.2, 0) is 0 Å². The molecule has 2 rings (SSSR count). The molecule has 0 spiro atoms. The topological polar surface area (TPSA) is 12.0 Å². The van der Waals surface area contributed by atoms with Gasteiger partial charge in [0.15, 0.2) is 0 Å². The standard InChI is InChI=1S/C18H27N/c1-3-18(17-12-8-5-9-13-17)19-14-15(2)16-10-6-4-7-11-16/h4,6-7,10-11,17-19H,2-3,5,8-9,12-14H2,1H3. The van der Waals surface area contributed by atoms with Crippen LogP contribution in [0.25, 0.3) is 5.57 Å². The fraction of sp³-hybridized carbons (Fsp3) is 0.556. The van der Waals surface area contributed by atoms with E-state index < -0.39 is 0 Å². The molecule has 1 aromatic rings. The normalized spacial score (nSPS) is 18.2. The Bertz CT molecular complexity index is 376. The lowest BCUT2D eigenvalue weighted by Crippen LogP contribution is -2.37. The van der Waals surface area contributed by atoms with E-state index in [4.69, 9.17) is 0 Å². The van der Waals surface area contributed by atoms with Crippen molar-refractivity contribution in [2.24, 2.45) is 5.92 Å². The molecule has 0 aliphatic heterocycles. The van der Waals surface area contributed by atoms with Gasteiger partial charge in [-0.2, -0.15) is 0 Å². The molecule has 19 heavy (non-hydrogen) atoms. The lowest BCUT2D eigenvalue weighted by molar-refractivity contribution is 0.269. The van der Waals surface area contributed by atoms with Gasteiger partial charge in [-0.05, 0) is 36.3 Å². The summed E-state index contributed by atoms with van der Waals surface area (Å²) in [5.74, 6) is 0.877. The van der Waals surface area contributed by atoms with E-state index >= 15 is 0 Å². The zero-order valence-corrected chi connectivity index (χ0v) is 12.2. The molecule has 0 bridgehead atoms. The molecule has 0 amide bonds. The van der Waals surface area contributed by atoms with Crippen LogP contribution in [0.3, 0.4) is 0 Å². The molecule has 1 heteroatoms. The zero-order valence-electron chi connectivity index (χ0n) is 12.2. The van der Waals surface area contributed by atoms with E-state index in [-0.39, 0.29) is 0 Å². The van der Waals surface area contributed by atoms with Crippen LogP contribution in [0.1, 0.15) is 51.0 Å². The maximum absolute atomic E-state index is 4.21. The molecule has 104 valence electrons. The highest BCUT2D eigenvalue weighted by atomic mass is 14.9. The lowest BCUT2D eigenvalue weighted by atomic mass is 9.83. The summed E-state index contributed by atoms with van der Waals surface area (Å²) >= 11 is 0. The summed E-state index contributed by atoms with van der Waals surface area (Å²) in [6.07, 6.45) is 8.31. The monoisotopic (exact) mass is 257 g/mol. The highest BCUT2D eigenvalue weighted by Gasteiger charge is 2.21. The van der Waals surface area contributed by atoms with Gasteiger partial charge >= 0.3 is 0 Å². The van der Waals surface area contributed by atoms with Crippen LogP contribution in [0.5, 0.6) is 0 Å². The van der Waals surface area contributed by atoms with Gasteiger partial charge < -0.3 is 5.32 Å². The first kappa shape index (κ1) is 14.3. The zero-order chi connectivity index (χ0) is 13.5. The predicted molar refractivity (Wildman–Crippen MR) is 84.1 cm³/mol. The van der Waals surface area contributed by atoms with Crippen LogP contribution >= 0.6 is 0 Å². The number of benzene rings is 1. The fourth-order valence-corrected chi connectivity index (χ4v) is 3.21. The quantitative estimate of drug-likeness (QED) is 0.782. The third-order valence-corrected chi connectivity index (χ3v) is 4.42. The van der Waals surface area contributed by atoms with Gasteiger partial charge in [0.2, 0.25) is 0 Å². The number of rotatable bonds is 6. The van der Waals surface area contributed by atoms with Crippen molar-refractivity contribution in [3.8, 4) is 0 Å². The van der Waals surface area contributed by atoms with Crippen LogP contribution in [0.15, 0.2) is 36.9 Å². The Kier molecular flexibility index (Phi) is 5.65. The second-order valence-electron chi connectivity index (χ2n) is 5.76. The second kappa shape index (κ2) is 7.49. The van der Waals surface area contributed by atoms with Crippen molar-refractivity contribution >= 4 is 5.57 Å². The van der Waals surface area contributed by atoms with E-state index in [1.165, 1.54) is 49.7 Å². The third kappa shape index (κ3) is 4.21. The second-order valence-corrected chi connectivity index (χ2v) is 5.76. The van der Waals surface area contributed by atoms with Crippen LogP contribution in [0.4, 0.5) is 0 Å². The van der Waals surface area contributed by atoms with E-state index in [1.807, 2.05) is 0 Å². The van der Waals surface area contributed by atoms with Crippen molar-refractivity contribution in [2.75, 3.05) is 6.54 Å². The largest absolute Gasteiger partial charge is 0.310 e. The van der Waals surface area contributed by atoms with E-state index in [0.717, 1.165) is 12.5 Å². The molecule has 1 aromatic carbocycles. The highest BCUT2D eigenvalue weighted by Crippen LogP contribution is 2.27. The number of hydrogen-bond donors (Lipinski definition) is 1. The molecule has 1 N–H and O–H groups in total. The Labute approximate surface area is 118 Å². The smallest absolute Gasteiger partial charge is 0.0208 e. The summed E-state index contributed by atoms with van der Waals surface area (Å²) in [6, 6.07) is 11.2. The molecule has 0 heterocycles. The summed E-state index contributed by atoms with van der Waals surface area (Å²) in [5, 5.41) is 3.74. The minimum absolute atomic E-state index is 0.667. The van der Waals surface area contributed by atoms with E-state index in [0.29, 0.717) is 6.04 Å². The minimum Gasteiger partial charge on any atom is -0.310 e. The van der Waals surface area contributed by atoms with Crippen molar-refractivity contribution in [2.45, 2.75) is 51.5 Å². The van der Waals surface area contributed by atoms with E-state index in [2.05, 4.69) is 49.2 Å². The Hall–Kier alpha value is -1.08. The van der Waals surface area contributed by atoms with Crippen LogP contribution in [0, 0.1) is 5.92 Å². The Morgan fingerprint density at radius 2 is 1.89 bits per heavy atom. The van der Waals surface area contributed by atoms with Gasteiger partial charge in [0.05, 0.1) is 0 Å². The van der Waals surface area contributed by atoms with Crippen LogP contribution in [0.2, 0.25) is 0 Å². The van der Waals surface area contributed by atoms with Gasteiger partial charge in [-0.25, -0.2) is 0 Å². The molecule has 1 aliphatic carbocycles. The number of hydrogen-bond acceptors (Lipinski definition) is 1. The van der Waals surface area contributed by atoms with Crippen molar-refractivity contribution in [1.82, 2.24) is 5.32 Å². The summed E-state index contributed by atoms with van der Waals surface area (Å²) in [6.45, 7) is 7.43. The summed E-state index contributed by atoms with van der Waals surface area (Å²) < 4.78 is 0. The van der Waals surface area contributed by atoms with E-state index in [9.17, 15) is 0 Å². The molecule has 1 nitrogen and oxygen atoms in total. The molecule has 1 atom stereocenters. The van der Waals surface area contributed by atoms with Crippen molar-refractivity contribution in [3.05, 3.63) is 42.5 Å². The number of nitrogens with one attached hydrogen (secondary N) is 1. The maximum Gasteiger partial charge on any atom is 0.0208 e. The molecule has 0 radical (unpaired) electrons. The van der Waals surface area contributed by atoms with Crippen LogP contribution < -0.4 is 5.32 Å². The molecule has 1 unspecified atom stereocenters. The van der Waals surface area contributed by atoms with Gasteiger partial charge in [-0.3, -0.25) is 0 Å². The van der Waals surface area contributed by atoms with Crippen molar-refractivity contribution in [3.63, 3.8) is 0 Å². The Morgan fingerprint density at radius 3 is 2.53 bits per heavy atom. The summed E-state index contributed by atoms with van der Waals surface area (Å²) in [7, 11) is 0. The average Bonchev–Trinajstić information content (AvgIpc) is 2.49. The third-order valence-electron chi connectivity index (χ3n) is 4.42. The first-order chi connectivity index (χ1) is 9.31. The molecule has 1 fully saturated rings. The summed E-state index contributed by atoms with van der Waals surface area (Å²) in [4.78, 5) is 0. The fourth-order valence-electron chi connectivity index (χ4n) is 3.21. The molecule has 1 aliphatic rings. The molecule has 0 aromatic heterocycles. The average molecular weight is 257 g/mol. The maximum atomic E-state index is 4.21. The molecular weight excluding hydrogens is 230 g/mol. The van der Waals surface area contributed by atoms with Gasteiger partial charge in [0.25, 0.3) is 0 Å². The first-order valence-corrected chi connectivity index (χ1v) is 7.78. The van der Waals surface area contributed by atoms with Gasteiger partial charge in [-0.1, -0.05) is 63.1 Å². The minimum atomic E-state index is 0.667. The lowest BCUT2D eigenvalue weighted by Gasteiger charge is -2.30. The van der Waals surface area contributed by atoms with E-state index in [1.54, 1.807) is 0 Å². The molecular formula is C18H27N. The van der Waals surface area contributed by atoms with Crippen molar-refractivity contribution in [1.29, 1.82) is 0 Å². The highest BCUT2D eigenvalue weighted by molar-refractivity contribution is 5.64. The SMILES string of the molecule is C=C(CNC(CC)C1CCCCC1)c1ccccc1. The first-order valence-electron chi connectivity index (χ1n) is 7.78. The molecule has 0 saturated heterocycles. The predicted octanol–water partition coefficient (Wildman–Crippen LogP) is 4.65. The van der Waals surface area contributed by atoms with Crippen molar-refractivity contribution < 1.29 is 0 Å². The van der Waals surface area contributed by atoms with Gasteiger partial charge in [-0.15, -0.1) is 0 Å². The molecule has 1 saturated carbocycles. The van der Waals surface area contributed by atoms with Gasteiger partial charge in [0.1, 0.15) is 0 Å². The van der Waals surface area contributed by atoms with Crippen LogP contribution in [-0.4, -0.2) is 12.6 Å². The Morgan fingerprint density at radius 1 is 1.21 bits per heavy atom.